The molecule has 0 radical (unpaired) electrons. The van der Waals surface area contributed by atoms with Gasteiger partial charge in [0.05, 0.1) is 22.6 Å². The Labute approximate surface area is 192 Å². The van der Waals surface area contributed by atoms with Crippen LogP contribution in [-0.4, -0.2) is 32.6 Å². The molecule has 0 saturated carbocycles. The highest BCUT2D eigenvalue weighted by Gasteiger charge is 2.18. The van der Waals surface area contributed by atoms with Crippen LogP contribution in [0.2, 0.25) is 5.02 Å². The van der Waals surface area contributed by atoms with Crippen molar-refractivity contribution in [1.82, 2.24) is 19.7 Å². The molecule has 4 rings (SSSR count). The van der Waals surface area contributed by atoms with Gasteiger partial charge in [-0.1, -0.05) is 41.9 Å². The summed E-state index contributed by atoms with van der Waals surface area (Å²) in [6, 6.07) is 17.4. The predicted octanol–water partition coefficient (Wildman–Crippen LogP) is 5.39. The molecule has 32 heavy (non-hydrogen) atoms. The average Bonchev–Trinajstić information content (AvgIpc) is 3.38. The largest absolute Gasteiger partial charge is 0.441 e. The van der Waals surface area contributed by atoms with Gasteiger partial charge in [-0.15, -0.1) is 0 Å². The molecule has 0 saturated heterocycles. The van der Waals surface area contributed by atoms with Crippen LogP contribution in [0.4, 0.5) is 0 Å². The molecule has 2 aromatic carbocycles. The highest BCUT2D eigenvalue weighted by molar-refractivity contribution is 6.33. The summed E-state index contributed by atoms with van der Waals surface area (Å²) in [5.74, 6) is 1.14. The monoisotopic (exact) mass is 448 g/mol. The second kappa shape index (κ2) is 9.40. The van der Waals surface area contributed by atoms with Gasteiger partial charge in [0, 0.05) is 43.3 Å². The first-order valence-corrected chi connectivity index (χ1v) is 10.9. The number of hydrogen-bond acceptors (Lipinski definition) is 4. The molecule has 2 heterocycles. The van der Waals surface area contributed by atoms with E-state index in [1.807, 2.05) is 80.2 Å². The summed E-state index contributed by atoms with van der Waals surface area (Å²) in [5.41, 5.74) is 4.81. The summed E-state index contributed by atoms with van der Waals surface area (Å²) in [6.45, 7) is 4.51. The zero-order chi connectivity index (χ0) is 22.7. The van der Waals surface area contributed by atoms with Crippen molar-refractivity contribution < 1.29 is 9.21 Å². The molecule has 0 fully saturated rings. The molecule has 0 atom stereocenters. The fourth-order valence-corrected chi connectivity index (χ4v) is 3.89. The van der Waals surface area contributed by atoms with E-state index in [0.29, 0.717) is 36.1 Å². The van der Waals surface area contributed by atoms with Crippen LogP contribution in [0, 0.1) is 13.8 Å². The minimum Gasteiger partial charge on any atom is -0.441 e. The minimum atomic E-state index is 0.0220. The van der Waals surface area contributed by atoms with E-state index in [1.165, 1.54) is 0 Å². The molecule has 1 amide bonds. The van der Waals surface area contributed by atoms with E-state index in [2.05, 4.69) is 10.1 Å². The van der Waals surface area contributed by atoms with Gasteiger partial charge in [-0.3, -0.25) is 4.79 Å². The number of carbonyl (C=O) groups excluding carboxylic acids is 1. The van der Waals surface area contributed by atoms with Crippen LogP contribution in [0.15, 0.2) is 65.2 Å². The van der Waals surface area contributed by atoms with Crippen molar-refractivity contribution in [2.45, 2.75) is 33.2 Å². The molecule has 7 heteroatoms. The fourth-order valence-electron chi connectivity index (χ4n) is 3.67. The predicted molar refractivity (Wildman–Crippen MR) is 125 cm³/mol. The van der Waals surface area contributed by atoms with Crippen LogP contribution in [0.5, 0.6) is 0 Å². The van der Waals surface area contributed by atoms with Gasteiger partial charge in [0.15, 0.2) is 11.7 Å². The zero-order valence-electron chi connectivity index (χ0n) is 18.4. The zero-order valence-corrected chi connectivity index (χ0v) is 19.1. The van der Waals surface area contributed by atoms with E-state index in [1.54, 1.807) is 11.1 Å². The van der Waals surface area contributed by atoms with E-state index < -0.39 is 0 Å². The Bertz CT molecular complexity index is 1230. The molecule has 0 bridgehead atoms. The smallest absolute Gasteiger partial charge is 0.223 e. The molecule has 2 aromatic heterocycles. The van der Waals surface area contributed by atoms with Crippen molar-refractivity contribution in [3.05, 3.63) is 88.7 Å². The Morgan fingerprint density at radius 2 is 1.81 bits per heavy atom. The van der Waals surface area contributed by atoms with E-state index in [4.69, 9.17) is 16.0 Å². The fraction of sp³-hybridized carbons (Fsp3) is 0.240. The second-order valence-electron chi connectivity index (χ2n) is 7.74. The molecule has 0 unspecified atom stereocenters. The van der Waals surface area contributed by atoms with Crippen molar-refractivity contribution in [3.63, 3.8) is 0 Å². The van der Waals surface area contributed by atoms with Crippen LogP contribution >= 0.6 is 11.6 Å². The quantitative estimate of drug-likeness (QED) is 0.380. The first-order valence-electron chi connectivity index (χ1n) is 10.5. The molecule has 4 aromatic rings. The molecule has 6 nitrogen and oxygen atoms in total. The molecule has 0 aliphatic carbocycles. The molecule has 0 aliphatic rings. The van der Waals surface area contributed by atoms with Gasteiger partial charge in [0.2, 0.25) is 5.91 Å². The lowest BCUT2D eigenvalue weighted by molar-refractivity contribution is -0.130. The van der Waals surface area contributed by atoms with Crippen molar-refractivity contribution >= 4 is 17.5 Å². The number of aryl methyl sites for hydroxylation is 2. The van der Waals surface area contributed by atoms with Crippen LogP contribution < -0.4 is 0 Å². The Morgan fingerprint density at radius 3 is 2.56 bits per heavy atom. The highest BCUT2D eigenvalue weighted by Crippen LogP contribution is 2.28. The molecule has 0 N–H and O–H groups in total. The van der Waals surface area contributed by atoms with E-state index in [9.17, 15) is 4.79 Å². The summed E-state index contributed by atoms with van der Waals surface area (Å²) < 4.78 is 7.73. The summed E-state index contributed by atoms with van der Waals surface area (Å²) in [7, 11) is 1.81. The van der Waals surface area contributed by atoms with Gasteiger partial charge in [0.25, 0.3) is 0 Å². The number of benzene rings is 2. The molecule has 0 aliphatic heterocycles. The van der Waals surface area contributed by atoms with Gasteiger partial charge in [0.1, 0.15) is 0 Å². The molecule has 0 spiro atoms. The normalized spacial score (nSPS) is 11.0. The number of oxazole rings is 1. The summed E-state index contributed by atoms with van der Waals surface area (Å²) in [4.78, 5) is 18.8. The van der Waals surface area contributed by atoms with Crippen molar-refractivity contribution in [2.75, 3.05) is 7.05 Å². The van der Waals surface area contributed by atoms with E-state index in [-0.39, 0.29) is 5.91 Å². The van der Waals surface area contributed by atoms with Crippen LogP contribution in [-0.2, 0) is 17.8 Å². The first-order chi connectivity index (χ1) is 15.4. The number of para-hydroxylation sites is 1. The van der Waals surface area contributed by atoms with Crippen molar-refractivity contribution in [1.29, 1.82) is 0 Å². The third kappa shape index (κ3) is 4.60. The summed E-state index contributed by atoms with van der Waals surface area (Å²) >= 11 is 6.23. The Hall–Kier alpha value is -3.38. The van der Waals surface area contributed by atoms with Crippen molar-refractivity contribution in [2.24, 2.45) is 0 Å². The van der Waals surface area contributed by atoms with Gasteiger partial charge >= 0.3 is 0 Å². The van der Waals surface area contributed by atoms with E-state index in [0.717, 1.165) is 28.2 Å². The Balaban J connectivity index is 1.39. The molecular weight excluding hydrogens is 424 g/mol. The lowest BCUT2D eigenvalue weighted by Crippen LogP contribution is -2.27. The third-order valence-electron chi connectivity index (χ3n) is 5.51. The topological polar surface area (TPSA) is 64.2 Å². The number of halogens is 1. The Kier molecular flexibility index (Phi) is 6.42. The number of aromatic nitrogens is 3. The maximum absolute atomic E-state index is 12.8. The van der Waals surface area contributed by atoms with Gasteiger partial charge in [-0.05, 0) is 38.1 Å². The Morgan fingerprint density at radius 1 is 1.09 bits per heavy atom. The van der Waals surface area contributed by atoms with E-state index >= 15 is 0 Å². The number of hydrogen-bond donors (Lipinski definition) is 0. The second-order valence-corrected chi connectivity index (χ2v) is 8.15. The van der Waals surface area contributed by atoms with Crippen molar-refractivity contribution in [3.8, 4) is 17.0 Å². The highest BCUT2D eigenvalue weighted by atomic mass is 35.5. The lowest BCUT2D eigenvalue weighted by Gasteiger charge is -2.17. The van der Waals surface area contributed by atoms with Crippen LogP contribution in [0.3, 0.4) is 0 Å². The molecular formula is C25H25ClN4O2. The summed E-state index contributed by atoms with van der Waals surface area (Å²) in [6.07, 6.45) is 2.38. The first kappa shape index (κ1) is 21.8. The number of carbonyl (C=O) groups is 1. The van der Waals surface area contributed by atoms with Gasteiger partial charge < -0.3 is 9.32 Å². The maximum Gasteiger partial charge on any atom is 0.223 e. The maximum atomic E-state index is 12.8. The van der Waals surface area contributed by atoms with Crippen LogP contribution in [0.1, 0.15) is 29.3 Å². The summed E-state index contributed by atoms with van der Waals surface area (Å²) in [5, 5.41) is 5.27. The number of amides is 1. The van der Waals surface area contributed by atoms with Crippen LogP contribution in [0.25, 0.3) is 17.0 Å². The number of rotatable bonds is 7. The van der Waals surface area contributed by atoms with Gasteiger partial charge in [-0.25, -0.2) is 9.67 Å². The standard InChI is InChI=1S/C25H25ClN4O2/c1-17-21(18(2)30(28-17)19-9-5-4-6-10-19)16-29(3)25(31)14-13-24-27-15-23(32-24)20-11-7-8-12-22(20)26/h4-12,15H,13-14,16H2,1-3H3. The lowest BCUT2D eigenvalue weighted by atomic mass is 10.1. The SMILES string of the molecule is Cc1nn(-c2ccccc2)c(C)c1CN(C)C(=O)CCc1ncc(-c2ccccc2Cl)o1. The third-order valence-corrected chi connectivity index (χ3v) is 5.84. The average molecular weight is 449 g/mol. The minimum absolute atomic E-state index is 0.0220. The van der Waals surface area contributed by atoms with Gasteiger partial charge in [-0.2, -0.15) is 5.10 Å². The number of nitrogens with zero attached hydrogens (tertiary/aromatic N) is 4. The molecule has 164 valence electrons.